The van der Waals surface area contributed by atoms with Gasteiger partial charge in [-0.3, -0.25) is 4.79 Å². The minimum Gasteiger partial charge on any atom is -0.332 e. The van der Waals surface area contributed by atoms with Gasteiger partial charge in [-0.15, -0.1) is 0 Å². The Morgan fingerprint density at radius 3 is 2.42 bits per heavy atom. The highest BCUT2D eigenvalue weighted by Crippen LogP contribution is 2.30. The molecule has 19 heavy (non-hydrogen) atoms. The fourth-order valence-electron chi connectivity index (χ4n) is 2.71. The highest BCUT2D eigenvalue weighted by atomic mass is 32.2. The summed E-state index contributed by atoms with van der Waals surface area (Å²) in [5, 5.41) is 0. The largest absolute Gasteiger partial charge is 0.332 e. The van der Waals surface area contributed by atoms with Crippen LogP contribution in [0, 0.1) is 0 Å². The molecule has 1 heterocycles. The van der Waals surface area contributed by atoms with Crippen LogP contribution < -0.4 is 0 Å². The lowest BCUT2D eigenvalue weighted by Crippen LogP contribution is -2.50. The van der Waals surface area contributed by atoms with Crippen molar-refractivity contribution in [2.24, 2.45) is 0 Å². The van der Waals surface area contributed by atoms with E-state index < -0.39 is 15.4 Å². The molecule has 1 aliphatic rings. The molecule has 1 amide bonds. The van der Waals surface area contributed by atoms with E-state index in [9.17, 15) is 13.2 Å². The Hall–Kier alpha value is -1.36. The second-order valence-electron chi connectivity index (χ2n) is 5.25. The Bertz CT molecular complexity index is 568. The second kappa shape index (κ2) is 4.96. The van der Waals surface area contributed by atoms with Crippen LogP contribution in [-0.2, 0) is 9.84 Å². The average Bonchev–Trinajstić information content (AvgIpc) is 2.66. The van der Waals surface area contributed by atoms with E-state index in [-0.39, 0.29) is 17.4 Å². The highest BCUT2D eigenvalue weighted by molar-refractivity contribution is 7.91. The lowest BCUT2D eigenvalue weighted by atomic mass is 9.98. The predicted molar refractivity (Wildman–Crippen MR) is 74.8 cm³/mol. The van der Waals surface area contributed by atoms with Gasteiger partial charge in [0.1, 0.15) is 0 Å². The first-order chi connectivity index (χ1) is 8.88. The maximum atomic E-state index is 12.5. The van der Waals surface area contributed by atoms with Crippen LogP contribution in [0.4, 0.5) is 0 Å². The number of hydrogen-bond donors (Lipinski definition) is 0. The quantitative estimate of drug-likeness (QED) is 0.848. The molecule has 1 saturated heterocycles. The smallest absolute Gasteiger partial charge is 0.254 e. The van der Waals surface area contributed by atoms with Gasteiger partial charge in [0.25, 0.3) is 5.91 Å². The number of sulfone groups is 1. The van der Waals surface area contributed by atoms with E-state index in [1.807, 2.05) is 32.0 Å². The molecule has 4 nitrogen and oxygen atoms in total. The van der Waals surface area contributed by atoms with Crippen molar-refractivity contribution in [2.75, 3.05) is 18.1 Å². The van der Waals surface area contributed by atoms with E-state index in [1.165, 1.54) is 0 Å². The van der Waals surface area contributed by atoms with Crippen molar-refractivity contribution in [3.05, 3.63) is 35.9 Å². The number of carbonyl (C=O) groups excluding carboxylic acids is 1. The highest BCUT2D eigenvalue weighted by Gasteiger charge is 2.44. The zero-order valence-corrected chi connectivity index (χ0v) is 12.1. The Balaban J connectivity index is 2.29. The van der Waals surface area contributed by atoms with Crippen LogP contribution in [-0.4, -0.2) is 42.8 Å². The van der Waals surface area contributed by atoms with Gasteiger partial charge in [0.05, 0.1) is 17.0 Å². The monoisotopic (exact) mass is 281 g/mol. The Morgan fingerprint density at radius 2 is 1.95 bits per heavy atom. The standard InChI is InChI=1S/C14H19NO3S/c1-3-15(13(16)12-7-5-4-6-8-12)14(2)9-10-19(17,18)11-14/h4-8H,3,9-11H2,1-2H3. The van der Waals surface area contributed by atoms with E-state index >= 15 is 0 Å². The summed E-state index contributed by atoms with van der Waals surface area (Å²) in [5.41, 5.74) is 0.0235. The molecule has 0 spiro atoms. The fourth-order valence-corrected chi connectivity index (χ4v) is 4.86. The van der Waals surface area contributed by atoms with Crippen molar-refractivity contribution in [3.63, 3.8) is 0 Å². The third-order valence-electron chi connectivity index (χ3n) is 3.72. The molecule has 0 aliphatic carbocycles. The normalized spacial score (nSPS) is 25.2. The zero-order valence-electron chi connectivity index (χ0n) is 11.3. The van der Waals surface area contributed by atoms with Crippen LogP contribution >= 0.6 is 0 Å². The summed E-state index contributed by atoms with van der Waals surface area (Å²) in [5.74, 6) is 0.136. The zero-order chi connectivity index (χ0) is 14.1. The molecule has 0 radical (unpaired) electrons. The molecular weight excluding hydrogens is 262 g/mol. The summed E-state index contributed by atoms with van der Waals surface area (Å²) in [6.07, 6.45) is 0.516. The van der Waals surface area contributed by atoms with Crippen molar-refractivity contribution in [1.82, 2.24) is 4.90 Å². The van der Waals surface area contributed by atoms with E-state index in [1.54, 1.807) is 17.0 Å². The van der Waals surface area contributed by atoms with Gasteiger partial charge in [-0.05, 0) is 32.4 Å². The molecule has 104 valence electrons. The Labute approximate surface area is 114 Å². The molecule has 1 aliphatic heterocycles. The topological polar surface area (TPSA) is 54.5 Å². The van der Waals surface area contributed by atoms with Crippen molar-refractivity contribution in [1.29, 1.82) is 0 Å². The Kier molecular flexibility index (Phi) is 3.67. The summed E-state index contributed by atoms with van der Waals surface area (Å²) in [6.45, 7) is 4.26. The maximum absolute atomic E-state index is 12.5. The molecule has 2 rings (SSSR count). The number of benzene rings is 1. The summed E-state index contributed by atoms with van der Waals surface area (Å²) in [7, 11) is -3.02. The van der Waals surface area contributed by atoms with Gasteiger partial charge in [0.15, 0.2) is 9.84 Å². The van der Waals surface area contributed by atoms with E-state index in [0.717, 1.165) is 0 Å². The van der Waals surface area contributed by atoms with E-state index in [0.29, 0.717) is 18.5 Å². The molecule has 0 saturated carbocycles. The third-order valence-corrected chi connectivity index (χ3v) is 5.60. The van der Waals surface area contributed by atoms with Crippen molar-refractivity contribution < 1.29 is 13.2 Å². The molecule has 1 aromatic carbocycles. The van der Waals surface area contributed by atoms with Crippen LogP contribution in [0.5, 0.6) is 0 Å². The van der Waals surface area contributed by atoms with Crippen LogP contribution in [0.2, 0.25) is 0 Å². The number of rotatable bonds is 3. The minimum atomic E-state index is -3.02. The lowest BCUT2D eigenvalue weighted by molar-refractivity contribution is 0.0578. The first kappa shape index (κ1) is 14.1. The van der Waals surface area contributed by atoms with Gasteiger partial charge >= 0.3 is 0 Å². The van der Waals surface area contributed by atoms with Gasteiger partial charge in [-0.25, -0.2) is 8.42 Å². The van der Waals surface area contributed by atoms with Crippen molar-refractivity contribution in [3.8, 4) is 0 Å². The molecule has 0 bridgehead atoms. The molecule has 5 heteroatoms. The average molecular weight is 281 g/mol. The van der Waals surface area contributed by atoms with Gasteiger partial charge in [-0.1, -0.05) is 18.2 Å². The van der Waals surface area contributed by atoms with Gasteiger partial charge in [0.2, 0.25) is 0 Å². The third kappa shape index (κ3) is 2.81. The number of amides is 1. The molecular formula is C14H19NO3S. The first-order valence-corrected chi connectivity index (χ1v) is 8.27. The van der Waals surface area contributed by atoms with Crippen LogP contribution in [0.15, 0.2) is 30.3 Å². The SMILES string of the molecule is CCN(C(=O)c1ccccc1)C1(C)CCS(=O)(=O)C1. The van der Waals surface area contributed by atoms with Crippen LogP contribution in [0.25, 0.3) is 0 Å². The van der Waals surface area contributed by atoms with Gasteiger partial charge < -0.3 is 4.90 Å². The summed E-state index contributed by atoms with van der Waals surface area (Å²) >= 11 is 0. The van der Waals surface area contributed by atoms with Crippen LogP contribution in [0.1, 0.15) is 30.6 Å². The molecule has 1 atom stereocenters. The minimum absolute atomic E-state index is 0.0619. The maximum Gasteiger partial charge on any atom is 0.254 e. The molecule has 0 aromatic heterocycles. The fraction of sp³-hybridized carbons (Fsp3) is 0.500. The van der Waals surface area contributed by atoms with Crippen LogP contribution in [0.3, 0.4) is 0 Å². The molecule has 0 N–H and O–H groups in total. The summed E-state index contributed by atoms with van der Waals surface area (Å²) in [6, 6.07) is 9.01. The first-order valence-electron chi connectivity index (χ1n) is 6.45. The van der Waals surface area contributed by atoms with Gasteiger partial charge in [0, 0.05) is 12.1 Å². The number of nitrogens with zero attached hydrogens (tertiary/aromatic N) is 1. The Morgan fingerprint density at radius 1 is 1.32 bits per heavy atom. The lowest BCUT2D eigenvalue weighted by Gasteiger charge is -2.37. The van der Waals surface area contributed by atoms with Crippen molar-refractivity contribution >= 4 is 15.7 Å². The molecule has 1 unspecified atom stereocenters. The van der Waals surface area contributed by atoms with Crippen molar-refractivity contribution in [2.45, 2.75) is 25.8 Å². The van der Waals surface area contributed by atoms with Gasteiger partial charge in [-0.2, -0.15) is 0 Å². The second-order valence-corrected chi connectivity index (χ2v) is 7.44. The molecule has 1 aromatic rings. The summed E-state index contributed by atoms with van der Waals surface area (Å²) < 4.78 is 23.4. The number of carbonyl (C=O) groups is 1. The van der Waals surface area contributed by atoms with E-state index in [4.69, 9.17) is 0 Å². The number of hydrogen-bond acceptors (Lipinski definition) is 3. The molecule has 1 fully saturated rings. The van der Waals surface area contributed by atoms with E-state index in [2.05, 4.69) is 0 Å². The summed E-state index contributed by atoms with van der Waals surface area (Å²) in [4.78, 5) is 14.2. The predicted octanol–water partition coefficient (Wildman–Crippen LogP) is 1.73.